The van der Waals surface area contributed by atoms with Crippen molar-refractivity contribution in [2.75, 3.05) is 18.8 Å². The Hall–Kier alpha value is -2.34. The van der Waals surface area contributed by atoms with Crippen molar-refractivity contribution in [1.82, 2.24) is 5.32 Å². The third kappa shape index (κ3) is 7.85. The van der Waals surface area contributed by atoms with Gasteiger partial charge in [0.05, 0.1) is 11.5 Å². The molecule has 0 atom stereocenters. The van der Waals surface area contributed by atoms with Gasteiger partial charge in [0.2, 0.25) is 0 Å². The van der Waals surface area contributed by atoms with Gasteiger partial charge in [-0.25, -0.2) is 8.42 Å². The van der Waals surface area contributed by atoms with Crippen molar-refractivity contribution in [3.8, 4) is 0 Å². The maximum Gasteiger partial charge on any atom is 0.188 e. The van der Waals surface area contributed by atoms with Crippen molar-refractivity contribution in [2.24, 2.45) is 10.7 Å². The van der Waals surface area contributed by atoms with Gasteiger partial charge in [0.25, 0.3) is 0 Å². The molecule has 0 saturated carbocycles. The molecule has 0 unspecified atom stereocenters. The lowest BCUT2D eigenvalue weighted by atomic mass is 10.1. The first-order valence-corrected chi connectivity index (χ1v) is 10.2. The summed E-state index contributed by atoms with van der Waals surface area (Å²) in [5.41, 5.74) is 7.85. The van der Waals surface area contributed by atoms with Crippen molar-refractivity contribution in [2.45, 2.75) is 18.6 Å². The molecule has 0 amide bonds. The number of nitrogens with two attached hydrogens (primary N) is 1. The minimum absolute atomic E-state index is 0.0718. The summed E-state index contributed by atoms with van der Waals surface area (Å²) in [5, 5.41) is 3.05. The molecule has 0 aliphatic heterocycles. The Kier molecular flexibility index (Phi) is 7.47. The Morgan fingerprint density at radius 1 is 0.960 bits per heavy atom. The third-order valence-electron chi connectivity index (χ3n) is 3.69. The van der Waals surface area contributed by atoms with Crippen LogP contribution in [0, 0.1) is 0 Å². The van der Waals surface area contributed by atoms with Gasteiger partial charge in [-0.3, -0.25) is 4.99 Å². The van der Waals surface area contributed by atoms with Crippen LogP contribution in [0.25, 0.3) is 0 Å². The normalized spacial score (nSPS) is 12.1. The van der Waals surface area contributed by atoms with E-state index in [1.807, 2.05) is 48.5 Å². The number of nitrogens with zero attached hydrogens (tertiary/aromatic N) is 1. The SMILES string of the molecule is NC(=NCCCS(=O)(=O)Cc1ccccc1)NCCc1ccccc1. The van der Waals surface area contributed by atoms with E-state index >= 15 is 0 Å². The second-order valence-electron chi connectivity index (χ2n) is 5.86. The van der Waals surface area contributed by atoms with Crippen LogP contribution in [0.4, 0.5) is 0 Å². The number of aliphatic imine (C=N–C) groups is 1. The molecule has 0 aliphatic carbocycles. The molecular weight excluding hydrogens is 334 g/mol. The number of hydrogen-bond acceptors (Lipinski definition) is 3. The summed E-state index contributed by atoms with van der Waals surface area (Å²) in [6, 6.07) is 19.3. The first kappa shape index (κ1) is 19.0. The van der Waals surface area contributed by atoms with Crippen molar-refractivity contribution in [3.63, 3.8) is 0 Å². The van der Waals surface area contributed by atoms with E-state index in [1.165, 1.54) is 5.56 Å². The van der Waals surface area contributed by atoms with Gasteiger partial charge in [-0.2, -0.15) is 0 Å². The summed E-state index contributed by atoms with van der Waals surface area (Å²) in [4.78, 5) is 4.18. The van der Waals surface area contributed by atoms with Gasteiger partial charge in [-0.1, -0.05) is 60.7 Å². The molecular formula is C19H25N3O2S. The Labute approximate surface area is 149 Å². The number of hydrogen-bond donors (Lipinski definition) is 2. The van der Waals surface area contributed by atoms with Crippen LogP contribution in [0.1, 0.15) is 17.5 Å². The highest BCUT2D eigenvalue weighted by Crippen LogP contribution is 2.07. The molecule has 0 aliphatic rings. The van der Waals surface area contributed by atoms with E-state index in [-0.39, 0.29) is 11.5 Å². The third-order valence-corrected chi connectivity index (χ3v) is 5.37. The highest BCUT2D eigenvalue weighted by atomic mass is 32.2. The fourth-order valence-electron chi connectivity index (χ4n) is 2.42. The minimum atomic E-state index is -3.12. The number of benzene rings is 2. The first-order chi connectivity index (χ1) is 12.1. The van der Waals surface area contributed by atoms with Gasteiger partial charge in [0.1, 0.15) is 0 Å². The van der Waals surface area contributed by atoms with Crippen LogP contribution >= 0.6 is 0 Å². The average Bonchev–Trinajstić information content (AvgIpc) is 2.60. The van der Waals surface area contributed by atoms with E-state index in [4.69, 9.17) is 5.73 Å². The van der Waals surface area contributed by atoms with E-state index in [0.29, 0.717) is 25.5 Å². The van der Waals surface area contributed by atoms with Crippen LogP contribution in [0.5, 0.6) is 0 Å². The maximum atomic E-state index is 12.1. The van der Waals surface area contributed by atoms with Crippen LogP contribution in [0.15, 0.2) is 65.7 Å². The summed E-state index contributed by atoms with van der Waals surface area (Å²) < 4.78 is 24.2. The zero-order valence-corrected chi connectivity index (χ0v) is 15.1. The van der Waals surface area contributed by atoms with Gasteiger partial charge in [0, 0.05) is 13.1 Å². The van der Waals surface area contributed by atoms with Crippen molar-refractivity contribution < 1.29 is 8.42 Å². The van der Waals surface area contributed by atoms with E-state index in [2.05, 4.69) is 22.4 Å². The monoisotopic (exact) mass is 359 g/mol. The maximum absolute atomic E-state index is 12.1. The molecule has 134 valence electrons. The van der Waals surface area contributed by atoms with E-state index in [9.17, 15) is 8.42 Å². The van der Waals surface area contributed by atoms with E-state index in [0.717, 1.165) is 12.0 Å². The zero-order chi connectivity index (χ0) is 18.0. The number of nitrogens with one attached hydrogen (secondary N) is 1. The quantitative estimate of drug-likeness (QED) is 0.408. The molecule has 0 aromatic heterocycles. The van der Waals surface area contributed by atoms with Gasteiger partial charge >= 0.3 is 0 Å². The Morgan fingerprint density at radius 2 is 1.56 bits per heavy atom. The predicted octanol–water partition coefficient (Wildman–Crippen LogP) is 2.14. The molecule has 3 N–H and O–H groups in total. The van der Waals surface area contributed by atoms with Crippen molar-refractivity contribution in [1.29, 1.82) is 0 Å². The summed E-state index contributed by atoms with van der Waals surface area (Å²) in [5.74, 6) is 0.543. The van der Waals surface area contributed by atoms with Gasteiger partial charge in [-0.05, 0) is 24.0 Å². The molecule has 0 bridgehead atoms. The fraction of sp³-hybridized carbons (Fsp3) is 0.316. The second-order valence-corrected chi connectivity index (χ2v) is 8.04. The minimum Gasteiger partial charge on any atom is -0.370 e. The summed E-state index contributed by atoms with van der Waals surface area (Å²) in [6.45, 7) is 1.10. The molecule has 0 heterocycles. The van der Waals surface area contributed by atoms with Crippen LogP contribution in [0.2, 0.25) is 0 Å². The van der Waals surface area contributed by atoms with E-state index < -0.39 is 9.84 Å². The summed E-state index contributed by atoms with van der Waals surface area (Å²) >= 11 is 0. The highest BCUT2D eigenvalue weighted by Gasteiger charge is 2.11. The van der Waals surface area contributed by atoms with Crippen molar-refractivity contribution in [3.05, 3.63) is 71.8 Å². The molecule has 0 radical (unpaired) electrons. The molecule has 2 aromatic rings. The van der Waals surface area contributed by atoms with Gasteiger partial charge < -0.3 is 11.1 Å². The number of sulfone groups is 1. The molecule has 0 fully saturated rings. The lowest BCUT2D eigenvalue weighted by Gasteiger charge is -2.06. The summed E-state index contributed by atoms with van der Waals surface area (Å²) in [7, 11) is -3.12. The van der Waals surface area contributed by atoms with Crippen LogP contribution < -0.4 is 11.1 Å². The molecule has 0 spiro atoms. The molecule has 6 heteroatoms. The average molecular weight is 359 g/mol. The fourth-order valence-corrected chi connectivity index (χ4v) is 3.83. The topological polar surface area (TPSA) is 84.5 Å². The molecule has 2 rings (SSSR count). The Morgan fingerprint density at radius 3 is 2.20 bits per heavy atom. The van der Waals surface area contributed by atoms with E-state index in [1.54, 1.807) is 0 Å². The molecule has 25 heavy (non-hydrogen) atoms. The van der Waals surface area contributed by atoms with Crippen LogP contribution in [-0.2, 0) is 22.0 Å². The molecule has 5 nitrogen and oxygen atoms in total. The van der Waals surface area contributed by atoms with Gasteiger partial charge in [0.15, 0.2) is 15.8 Å². The van der Waals surface area contributed by atoms with Gasteiger partial charge in [-0.15, -0.1) is 0 Å². The standard InChI is InChI=1S/C19H25N3O2S/c20-19(22-14-12-17-8-3-1-4-9-17)21-13-7-15-25(23,24)16-18-10-5-2-6-11-18/h1-6,8-11H,7,12-16H2,(H3,20,21,22). The first-order valence-electron chi connectivity index (χ1n) is 8.37. The zero-order valence-electron chi connectivity index (χ0n) is 14.3. The largest absolute Gasteiger partial charge is 0.370 e. The van der Waals surface area contributed by atoms with Crippen molar-refractivity contribution >= 4 is 15.8 Å². The summed E-state index contributed by atoms with van der Waals surface area (Å²) in [6.07, 6.45) is 1.33. The Balaban J connectivity index is 1.66. The van der Waals surface area contributed by atoms with Crippen LogP contribution in [0.3, 0.4) is 0 Å². The lowest BCUT2D eigenvalue weighted by molar-refractivity contribution is 0.593. The smallest absolute Gasteiger partial charge is 0.188 e. The molecule has 2 aromatic carbocycles. The molecule has 0 saturated heterocycles. The Bertz CT molecular complexity index is 760. The number of guanidine groups is 1. The number of rotatable bonds is 9. The highest BCUT2D eigenvalue weighted by molar-refractivity contribution is 7.90. The second kappa shape index (κ2) is 9.84. The predicted molar refractivity (Wildman–Crippen MR) is 103 cm³/mol. The lowest BCUT2D eigenvalue weighted by Crippen LogP contribution is -2.33. The van der Waals surface area contributed by atoms with Crippen LogP contribution in [-0.4, -0.2) is 33.2 Å².